The number of rotatable bonds is 27. The number of unbranched alkanes of at least 4 members (excludes halogenated alkanes) is 2. The third-order valence-corrected chi connectivity index (χ3v) is 13.2. The number of carbonyl (C=O) groups excluding carboxylic acids is 8. The molecule has 4 rings (SSSR count). The van der Waals surface area contributed by atoms with Gasteiger partial charge in [-0.2, -0.15) is 0 Å². The van der Waals surface area contributed by atoms with E-state index in [1.165, 1.54) is 19.1 Å². The number of aliphatic hydroxyl groups is 1. The van der Waals surface area contributed by atoms with Crippen LogP contribution in [0.15, 0.2) is 60.2 Å². The summed E-state index contributed by atoms with van der Waals surface area (Å²) in [6.07, 6.45) is 8.63. The quantitative estimate of drug-likeness (QED) is 0.0151. The zero-order valence-electron chi connectivity index (χ0n) is 44.9. The Hall–Kier alpha value is -6.40. The van der Waals surface area contributed by atoms with Gasteiger partial charge in [0.15, 0.2) is 0 Å². The second-order valence-electron chi connectivity index (χ2n) is 20.2. The Bertz CT molecular complexity index is 2220. The number of esters is 1. The van der Waals surface area contributed by atoms with Crippen molar-refractivity contribution in [2.45, 2.75) is 180 Å². The van der Waals surface area contributed by atoms with Gasteiger partial charge in [-0.25, -0.2) is 15.0 Å². The van der Waals surface area contributed by atoms with Gasteiger partial charge in [0.05, 0.1) is 37.4 Å². The van der Waals surface area contributed by atoms with E-state index in [0.29, 0.717) is 50.1 Å². The summed E-state index contributed by atoms with van der Waals surface area (Å²) >= 11 is 0. The van der Waals surface area contributed by atoms with Gasteiger partial charge < -0.3 is 66.8 Å². The first-order valence-electron chi connectivity index (χ1n) is 26.2. The molecule has 76 heavy (non-hydrogen) atoms. The molecule has 3 fully saturated rings. The fourth-order valence-corrected chi connectivity index (χ4v) is 8.80. The lowest BCUT2D eigenvalue weighted by atomic mass is 9.87. The van der Waals surface area contributed by atoms with Crippen LogP contribution >= 0.6 is 0 Å². The zero-order valence-corrected chi connectivity index (χ0v) is 44.9. The minimum atomic E-state index is -1.04. The molecular formula is C53H81N9O14. The van der Waals surface area contributed by atoms with Gasteiger partial charge in [0, 0.05) is 38.1 Å². The van der Waals surface area contributed by atoms with Crippen LogP contribution in [-0.2, 0) is 59.1 Å². The molecule has 3 aliphatic heterocycles. The van der Waals surface area contributed by atoms with Crippen molar-refractivity contribution >= 4 is 53.3 Å². The number of hydrazine groups is 1. The minimum absolute atomic E-state index is 0.0942. The van der Waals surface area contributed by atoms with Crippen LogP contribution in [0.25, 0.3) is 0 Å². The van der Waals surface area contributed by atoms with E-state index in [4.69, 9.17) is 35.2 Å². The number of anilines is 1. The number of hydrogen-bond donors (Lipinski definition) is 10. The number of amides is 8. The Labute approximate surface area is 445 Å². The molecule has 0 bridgehead atoms. The zero-order chi connectivity index (χ0) is 56.0. The molecule has 0 aliphatic carbocycles. The van der Waals surface area contributed by atoms with Gasteiger partial charge in [-0.1, -0.05) is 63.1 Å². The van der Waals surface area contributed by atoms with E-state index in [1.807, 2.05) is 26.0 Å². The number of epoxide rings is 1. The van der Waals surface area contributed by atoms with Crippen LogP contribution in [0.4, 0.5) is 15.3 Å². The topological polar surface area (TPSA) is 342 Å². The summed E-state index contributed by atoms with van der Waals surface area (Å²) < 4.78 is 28.4. The van der Waals surface area contributed by atoms with Gasteiger partial charge >= 0.3 is 18.1 Å². The first-order chi connectivity index (χ1) is 36.1. The molecule has 1 aromatic rings. The molecule has 422 valence electrons. The van der Waals surface area contributed by atoms with Crippen molar-refractivity contribution in [2.75, 3.05) is 25.0 Å². The van der Waals surface area contributed by atoms with Crippen molar-refractivity contribution in [1.29, 1.82) is 0 Å². The lowest BCUT2D eigenvalue weighted by Crippen LogP contribution is -2.54. The van der Waals surface area contributed by atoms with Crippen LogP contribution in [0.1, 0.15) is 118 Å². The largest absolute Gasteiger partial charge is 0.459 e. The molecule has 3 aliphatic rings. The molecular weight excluding hydrogens is 987 g/mol. The summed E-state index contributed by atoms with van der Waals surface area (Å²) in [6, 6.07) is 3.53. The summed E-state index contributed by atoms with van der Waals surface area (Å²) in [5.74, 6) is -2.80. The molecule has 3 saturated heterocycles. The van der Waals surface area contributed by atoms with Crippen LogP contribution in [-0.4, -0.2) is 133 Å². The van der Waals surface area contributed by atoms with Gasteiger partial charge in [0.2, 0.25) is 29.5 Å². The monoisotopic (exact) mass is 1070 g/mol. The highest BCUT2D eigenvalue weighted by Gasteiger charge is 2.58. The second-order valence-corrected chi connectivity index (χ2v) is 20.2. The van der Waals surface area contributed by atoms with Crippen LogP contribution in [0.5, 0.6) is 0 Å². The third-order valence-electron chi connectivity index (χ3n) is 13.2. The number of nitrogens with two attached hydrogens (primary N) is 2. The van der Waals surface area contributed by atoms with Crippen LogP contribution in [0.3, 0.4) is 0 Å². The maximum Gasteiger partial charge on any atom is 0.426 e. The van der Waals surface area contributed by atoms with E-state index in [0.717, 1.165) is 18.4 Å². The number of aliphatic hydroxyl groups excluding tert-OH is 1. The van der Waals surface area contributed by atoms with Crippen molar-refractivity contribution in [3.05, 3.63) is 65.8 Å². The summed E-state index contributed by atoms with van der Waals surface area (Å²) in [5.41, 5.74) is 16.3. The molecule has 0 aromatic heterocycles. The molecule has 8 amide bonds. The Morgan fingerprint density at radius 2 is 1.63 bits per heavy atom. The van der Waals surface area contributed by atoms with Crippen LogP contribution in [0, 0.1) is 11.8 Å². The van der Waals surface area contributed by atoms with Gasteiger partial charge in [-0.05, 0) is 101 Å². The lowest BCUT2D eigenvalue weighted by Gasteiger charge is -2.39. The highest BCUT2D eigenvalue weighted by molar-refractivity contribution is 5.98. The predicted octanol–water partition coefficient (Wildman–Crippen LogP) is 2.85. The van der Waals surface area contributed by atoms with E-state index in [2.05, 4.69) is 44.4 Å². The number of nitrogens with one attached hydrogen (secondary N) is 7. The molecule has 3 heterocycles. The fraction of sp³-hybridized carbons (Fsp3) is 0.623. The van der Waals surface area contributed by atoms with Gasteiger partial charge in [-0.15, -0.1) is 0 Å². The summed E-state index contributed by atoms with van der Waals surface area (Å²) in [6.45, 7) is 13.3. The first-order valence-corrected chi connectivity index (χ1v) is 26.2. The standard InChI is InChI=1S/C53H81N9O14/c1-31(2)47(60-44(64)13-9-8-10-24-54)50(69)59-40(12-11-25-56-51(55)70)49(68)57-38-19-17-37(18-20-38)29-72-52(71)62-61-46(66)27-39-28-53(30-73-53)48(67)43(76-39)22-15-32(3)14-21-42-33(4)26-41(35(6)75-42)58-45(65)23-16-34(5)74-36(7)63/h14-20,22-23,31,33-35,39-43,47-48,67H,8-13,21,24-30,54H2,1-7H3,(H,57,68)(H,58,65)(H,59,69)(H,60,64)(H,61,66)(H,62,71)(H3,55,56,70)/b22-15+,23-16-,32-14+/t33-,34-,35+,39+,40-,41+,42-,43+,47-,48+,53+/m0/s1. The van der Waals surface area contributed by atoms with Crippen LogP contribution in [0.2, 0.25) is 0 Å². The van der Waals surface area contributed by atoms with E-state index < -0.39 is 77.9 Å². The Morgan fingerprint density at radius 3 is 2.29 bits per heavy atom. The predicted molar refractivity (Wildman–Crippen MR) is 280 cm³/mol. The number of primary amides is 1. The van der Waals surface area contributed by atoms with Crippen molar-refractivity contribution in [3.63, 3.8) is 0 Å². The number of urea groups is 1. The summed E-state index contributed by atoms with van der Waals surface area (Å²) in [7, 11) is 0. The van der Waals surface area contributed by atoms with Crippen LogP contribution < -0.4 is 48.9 Å². The average molecular weight is 1070 g/mol. The van der Waals surface area contributed by atoms with Crippen molar-refractivity contribution in [2.24, 2.45) is 23.3 Å². The van der Waals surface area contributed by atoms with Crippen molar-refractivity contribution in [1.82, 2.24) is 32.1 Å². The Morgan fingerprint density at radius 1 is 0.908 bits per heavy atom. The molecule has 23 heteroatoms. The molecule has 0 saturated carbocycles. The maximum atomic E-state index is 13.5. The van der Waals surface area contributed by atoms with E-state index in [9.17, 15) is 43.5 Å². The van der Waals surface area contributed by atoms with Gasteiger partial charge in [0.1, 0.15) is 42.6 Å². The SMILES string of the molecule is CC(=O)O[C@@H](C)/C=C\C(=O)N[C@@H]1C[C@H](C)[C@H](C/C=C(C)/C=C/[C@H]2O[C@H](CC(=O)NNC(=O)OCc3ccc(NC(=O)[C@H](CCCNC(N)=O)NC(=O)[C@@H](NC(=O)CCCCCN)C(C)C)cc3)C[C@@]3(CO3)[C@@H]2O)O[C@@H]1C. The third kappa shape index (κ3) is 21.7. The van der Waals surface area contributed by atoms with Crippen molar-refractivity contribution < 1.29 is 67.1 Å². The number of carbonyl (C=O) groups is 8. The molecule has 11 atom stereocenters. The van der Waals surface area contributed by atoms with E-state index >= 15 is 0 Å². The smallest absolute Gasteiger partial charge is 0.426 e. The van der Waals surface area contributed by atoms with Crippen molar-refractivity contribution in [3.8, 4) is 0 Å². The molecule has 12 N–H and O–H groups in total. The van der Waals surface area contributed by atoms with E-state index in [-0.39, 0.29) is 80.7 Å². The Kier molecular flexibility index (Phi) is 25.3. The number of benzene rings is 1. The lowest BCUT2D eigenvalue weighted by molar-refractivity contribution is -0.146. The highest BCUT2D eigenvalue weighted by atomic mass is 16.6. The minimum Gasteiger partial charge on any atom is -0.459 e. The second kappa shape index (κ2) is 31.0. The molecule has 1 aromatic carbocycles. The summed E-state index contributed by atoms with van der Waals surface area (Å²) in [4.78, 5) is 100. The molecule has 1 spiro atoms. The number of hydrogen-bond acceptors (Lipinski definition) is 15. The normalized spacial score (nSPS) is 24.4. The fourth-order valence-electron chi connectivity index (χ4n) is 8.80. The van der Waals surface area contributed by atoms with Gasteiger partial charge in [-0.3, -0.25) is 34.2 Å². The molecule has 0 radical (unpaired) electrons. The average Bonchev–Trinajstić information content (AvgIpc) is 4.14. The maximum absolute atomic E-state index is 13.5. The van der Waals surface area contributed by atoms with Gasteiger partial charge in [0.25, 0.3) is 0 Å². The molecule has 23 nitrogen and oxygen atoms in total. The first kappa shape index (κ1) is 62.1. The Balaban J connectivity index is 1.22. The molecule has 0 unspecified atom stereocenters. The number of ether oxygens (including phenoxy) is 5. The number of allylic oxidation sites excluding steroid dienone is 2. The van der Waals surface area contributed by atoms with E-state index in [1.54, 1.807) is 51.1 Å². The summed E-state index contributed by atoms with van der Waals surface area (Å²) in [5, 5.41) is 24.9. The highest BCUT2D eigenvalue weighted by Crippen LogP contribution is 2.43.